The van der Waals surface area contributed by atoms with E-state index in [2.05, 4.69) is 72.7 Å². The van der Waals surface area contributed by atoms with Crippen LogP contribution in [0.5, 0.6) is 17.2 Å². The van der Waals surface area contributed by atoms with Crippen molar-refractivity contribution in [3.05, 3.63) is 162 Å². The molecule has 6 aromatic carbocycles. The van der Waals surface area contributed by atoms with Crippen molar-refractivity contribution in [3.63, 3.8) is 0 Å². The number of fused-ring (bicyclic) bond motifs is 1. The summed E-state index contributed by atoms with van der Waals surface area (Å²) in [5.41, 5.74) is 5.88. The molecule has 8 heteroatoms. The van der Waals surface area contributed by atoms with Crippen LogP contribution in [-0.4, -0.2) is 22.4 Å². The normalized spacial score (nSPS) is 15.6. The third-order valence-electron chi connectivity index (χ3n) is 12.4. The van der Waals surface area contributed by atoms with E-state index >= 15 is 0 Å². The fraction of sp³-hybridized carbons (Fsp3) is 0.280. The number of sulfone groups is 2. The van der Waals surface area contributed by atoms with Gasteiger partial charge in [-0.3, -0.25) is 0 Å². The van der Waals surface area contributed by atoms with Gasteiger partial charge in [0, 0.05) is 5.41 Å². The summed E-state index contributed by atoms with van der Waals surface area (Å²) in [5.74, 6) is 2.04. The Kier molecular flexibility index (Phi) is 11.0. The lowest BCUT2D eigenvalue weighted by atomic mass is 9.64. The molecule has 6 nitrogen and oxygen atoms in total. The Morgan fingerprint density at radius 1 is 0.534 bits per heavy atom. The zero-order valence-electron chi connectivity index (χ0n) is 34.4. The van der Waals surface area contributed by atoms with Crippen molar-refractivity contribution >= 4 is 19.7 Å². The molecule has 0 aliphatic heterocycles. The van der Waals surface area contributed by atoms with Crippen molar-refractivity contribution < 1.29 is 26.3 Å². The molecule has 300 valence electrons. The summed E-state index contributed by atoms with van der Waals surface area (Å²) in [6.45, 7) is 15.2. The molecule has 58 heavy (non-hydrogen) atoms. The molecule has 0 spiro atoms. The van der Waals surface area contributed by atoms with Crippen LogP contribution in [0, 0.1) is 0 Å². The Morgan fingerprint density at radius 2 is 0.931 bits per heavy atom. The van der Waals surface area contributed by atoms with Gasteiger partial charge in [-0.2, -0.15) is 0 Å². The van der Waals surface area contributed by atoms with Crippen LogP contribution in [-0.2, 0) is 36.9 Å². The minimum atomic E-state index is -3.80. The standard InChI is InChI=1S/C50H52O6S2/c1-8-49(6)34-37-33-46(31-32-47(37)49)58(53,54)44-27-13-36(14-28-44)35-11-25-43(26-12-35)57(51,52)45-29-23-41(24-30-45)55-40-19-15-38(16-20-40)48(4,5)39-17-21-42(22-18-39)56-50(7,9-2)10-3/h11-33H,8-10,34H2,1-7H3. The molecule has 0 aromatic heterocycles. The Hall–Kier alpha value is -5.18. The molecule has 0 N–H and O–H groups in total. The van der Waals surface area contributed by atoms with Crippen LogP contribution in [0.4, 0.5) is 0 Å². The van der Waals surface area contributed by atoms with Crippen LogP contribution in [0.1, 0.15) is 90.0 Å². The number of hydrogen-bond donors (Lipinski definition) is 0. The molecule has 7 rings (SSSR count). The largest absolute Gasteiger partial charge is 0.488 e. The minimum absolute atomic E-state index is 0.123. The first kappa shape index (κ1) is 41.0. The lowest BCUT2D eigenvalue weighted by molar-refractivity contribution is 0.0802. The molecule has 1 atom stereocenters. The average Bonchev–Trinajstić information content (AvgIpc) is 3.23. The van der Waals surface area contributed by atoms with E-state index in [0.717, 1.165) is 53.7 Å². The van der Waals surface area contributed by atoms with Crippen molar-refractivity contribution in [3.8, 4) is 28.4 Å². The summed E-state index contributed by atoms with van der Waals surface area (Å²) in [5, 5.41) is 0. The van der Waals surface area contributed by atoms with Gasteiger partial charge in [0.25, 0.3) is 0 Å². The predicted molar refractivity (Wildman–Crippen MR) is 232 cm³/mol. The third-order valence-corrected chi connectivity index (χ3v) is 16.0. The third kappa shape index (κ3) is 7.84. The second-order valence-electron chi connectivity index (χ2n) is 16.5. The number of ether oxygens (including phenoxy) is 2. The molecule has 1 aliphatic carbocycles. The number of hydrogen-bond acceptors (Lipinski definition) is 6. The second-order valence-corrected chi connectivity index (χ2v) is 20.4. The van der Waals surface area contributed by atoms with Gasteiger partial charge in [0.2, 0.25) is 19.7 Å². The maximum absolute atomic E-state index is 13.6. The monoisotopic (exact) mass is 812 g/mol. The van der Waals surface area contributed by atoms with Gasteiger partial charge >= 0.3 is 0 Å². The van der Waals surface area contributed by atoms with Gasteiger partial charge in [-0.25, -0.2) is 16.8 Å². The Balaban J connectivity index is 0.981. The zero-order chi connectivity index (χ0) is 41.5. The van der Waals surface area contributed by atoms with Crippen LogP contribution < -0.4 is 9.47 Å². The minimum Gasteiger partial charge on any atom is -0.488 e. The Bertz CT molecular complexity index is 2620. The molecular formula is C50H52O6S2. The molecule has 1 aliphatic rings. The molecular weight excluding hydrogens is 761 g/mol. The van der Waals surface area contributed by atoms with Gasteiger partial charge in [-0.1, -0.05) is 96.1 Å². The van der Waals surface area contributed by atoms with Gasteiger partial charge in [0.1, 0.15) is 22.8 Å². The lowest BCUT2D eigenvalue weighted by Crippen LogP contribution is -2.35. The summed E-state index contributed by atoms with van der Waals surface area (Å²) >= 11 is 0. The summed E-state index contributed by atoms with van der Waals surface area (Å²) in [6, 6.07) is 41.5. The first-order valence-corrected chi connectivity index (χ1v) is 23.0. The van der Waals surface area contributed by atoms with E-state index in [1.54, 1.807) is 78.9 Å². The van der Waals surface area contributed by atoms with Crippen molar-refractivity contribution in [2.45, 2.75) is 110 Å². The second kappa shape index (κ2) is 15.5. The average molecular weight is 813 g/mol. The van der Waals surface area contributed by atoms with Crippen molar-refractivity contribution in [1.82, 2.24) is 0 Å². The van der Waals surface area contributed by atoms with Gasteiger partial charge < -0.3 is 9.47 Å². The highest BCUT2D eigenvalue weighted by Crippen LogP contribution is 2.44. The highest BCUT2D eigenvalue weighted by molar-refractivity contribution is 7.91. The van der Waals surface area contributed by atoms with E-state index in [4.69, 9.17) is 9.47 Å². The van der Waals surface area contributed by atoms with Crippen LogP contribution in [0.2, 0.25) is 0 Å². The van der Waals surface area contributed by atoms with E-state index in [-0.39, 0.29) is 31.1 Å². The number of benzene rings is 6. The maximum atomic E-state index is 13.6. The van der Waals surface area contributed by atoms with E-state index in [0.29, 0.717) is 16.4 Å². The first-order chi connectivity index (χ1) is 27.5. The molecule has 6 aromatic rings. The fourth-order valence-corrected chi connectivity index (χ4v) is 10.2. The maximum Gasteiger partial charge on any atom is 0.206 e. The predicted octanol–water partition coefficient (Wildman–Crippen LogP) is 12.3. The smallest absolute Gasteiger partial charge is 0.206 e. The summed E-state index contributed by atoms with van der Waals surface area (Å²) in [4.78, 5) is 0.831. The van der Waals surface area contributed by atoms with Crippen LogP contribution in [0.3, 0.4) is 0 Å². The summed E-state index contributed by atoms with van der Waals surface area (Å²) < 4.78 is 66.5. The van der Waals surface area contributed by atoms with Crippen molar-refractivity contribution in [1.29, 1.82) is 0 Å². The van der Waals surface area contributed by atoms with Gasteiger partial charge in [0.05, 0.1) is 19.6 Å². The van der Waals surface area contributed by atoms with Crippen molar-refractivity contribution in [2.24, 2.45) is 0 Å². The molecule has 0 amide bonds. The highest BCUT2D eigenvalue weighted by Gasteiger charge is 2.37. The molecule has 0 bridgehead atoms. The van der Waals surface area contributed by atoms with E-state index in [1.807, 2.05) is 36.4 Å². The molecule has 0 fully saturated rings. The Labute approximate surface area is 344 Å². The van der Waals surface area contributed by atoms with E-state index in [1.165, 1.54) is 11.1 Å². The number of rotatable bonds is 14. The van der Waals surface area contributed by atoms with Crippen LogP contribution in [0.15, 0.2) is 159 Å². The molecule has 1 unspecified atom stereocenters. The van der Waals surface area contributed by atoms with Gasteiger partial charge in [-0.05, 0) is 156 Å². The lowest BCUT2D eigenvalue weighted by Gasteiger charge is -2.41. The summed E-state index contributed by atoms with van der Waals surface area (Å²) in [6.07, 6.45) is 3.78. The van der Waals surface area contributed by atoms with Gasteiger partial charge in [-0.15, -0.1) is 0 Å². The highest BCUT2D eigenvalue weighted by atomic mass is 32.2. The molecule has 0 heterocycles. The van der Waals surface area contributed by atoms with Crippen LogP contribution >= 0.6 is 0 Å². The molecule has 0 saturated heterocycles. The molecule has 0 radical (unpaired) electrons. The first-order valence-electron chi connectivity index (χ1n) is 20.0. The van der Waals surface area contributed by atoms with E-state index in [9.17, 15) is 16.8 Å². The summed E-state index contributed by atoms with van der Waals surface area (Å²) in [7, 11) is -7.48. The SMILES string of the molecule is CCC(C)(CC)Oc1ccc(C(C)(C)c2ccc(Oc3ccc(S(=O)(=O)c4ccc(-c5ccc(S(=O)(=O)c6ccc7c(c6)CC7(C)CC)cc5)cc4)cc3)cc2)cc1. The zero-order valence-corrected chi connectivity index (χ0v) is 36.0. The van der Waals surface area contributed by atoms with E-state index < -0.39 is 19.7 Å². The Morgan fingerprint density at radius 3 is 1.36 bits per heavy atom. The fourth-order valence-electron chi connectivity index (χ4n) is 7.67. The van der Waals surface area contributed by atoms with Gasteiger partial charge in [0.15, 0.2) is 0 Å². The molecule has 0 saturated carbocycles. The van der Waals surface area contributed by atoms with Crippen molar-refractivity contribution in [2.75, 3.05) is 0 Å². The van der Waals surface area contributed by atoms with Crippen LogP contribution in [0.25, 0.3) is 11.1 Å². The quantitative estimate of drug-likeness (QED) is 0.109. The topological polar surface area (TPSA) is 86.7 Å².